The van der Waals surface area contributed by atoms with Gasteiger partial charge in [0.25, 0.3) is 0 Å². The van der Waals surface area contributed by atoms with Crippen LogP contribution in [0.15, 0.2) is 91.4 Å². The number of hydrogen-bond acceptors (Lipinski definition) is 11. The Labute approximate surface area is 306 Å². The van der Waals surface area contributed by atoms with Crippen molar-refractivity contribution in [2.45, 2.75) is 62.1 Å². The van der Waals surface area contributed by atoms with E-state index in [-0.39, 0.29) is 37.4 Å². The number of amides is 3. The largest absolute Gasteiger partial charge is 0.396 e. The van der Waals surface area contributed by atoms with Crippen molar-refractivity contribution < 1.29 is 24.9 Å². The number of aliphatic hydroxyl groups excluding tert-OH is 3. The van der Waals surface area contributed by atoms with E-state index in [1.54, 1.807) is 17.1 Å². The number of aromatic nitrogens is 5. The number of rotatable bonds is 13. The smallest absolute Gasteiger partial charge is 0.315 e. The Kier molecular flexibility index (Phi) is 11.0. The van der Waals surface area contributed by atoms with Crippen molar-refractivity contribution in [3.8, 4) is 0 Å². The standard InChI is InChI=1S/C38H44N10O5/c49-18-15-31(50)44-29-19-30(34(52)33(29)51)48-23-42-32-35(40-21-28(24-9-3-1-4-10-24)25-11-5-2-6-12-25)45-37(46-36(32)48)47-17-14-27(22-47)43-38(53)41-20-26-13-7-8-16-39-26/h1-13,16,23,27-30,33-34,49,51-52H,14-15,17-22H2,(H,44,50)(H,40,45,46)(H2,41,43,53)/t27?,29-,30+,33+,34-/m0/s1. The van der Waals surface area contributed by atoms with Crippen LogP contribution in [0, 0.1) is 0 Å². The van der Waals surface area contributed by atoms with Crippen LogP contribution in [-0.2, 0) is 11.3 Å². The molecule has 5 aromatic rings. The van der Waals surface area contributed by atoms with E-state index in [0.717, 1.165) is 16.8 Å². The SMILES string of the molecule is O=C(CCO)N[C@H]1C[C@@H](n2cnc3c(NCC(c4ccccc4)c4ccccc4)nc(N4CCC(NC(=O)NCc5ccccn5)C4)nc32)[C@H](O)[C@@H]1O. The average Bonchev–Trinajstić information content (AvgIpc) is 3.90. The minimum Gasteiger partial charge on any atom is -0.396 e. The zero-order valence-electron chi connectivity index (χ0n) is 29.1. The second kappa shape index (κ2) is 16.4. The van der Waals surface area contributed by atoms with Crippen LogP contribution in [-0.4, -0.2) is 102 Å². The summed E-state index contributed by atoms with van der Waals surface area (Å²) in [5, 5.41) is 43.5. The number of nitrogens with zero attached hydrogens (tertiary/aromatic N) is 6. The molecule has 15 heteroatoms. The van der Waals surface area contributed by atoms with Gasteiger partial charge < -0.3 is 46.1 Å². The molecule has 0 spiro atoms. The third kappa shape index (κ3) is 8.22. The van der Waals surface area contributed by atoms with Gasteiger partial charge in [0.2, 0.25) is 11.9 Å². The van der Waals surface area contributed by atoms with E-state index in [4.69, 9.17) is 15.0 Å². The van der Waals surface area contributed by atoms with Gasteiger partial charge in [0, 0.05) is 44.2 Å². The van der Waals surface area contributed by atoms with Crippen molar-refractivity contribution in [2.75, 3.05) is 36.5 Å². The second-order valence-corrected chi connectivity index (χ2v) is 13.5. The summed E-state index contributed by atoms with van der Waals surface area (Å²) in [5.74, 6) is 0.515. The van der Waals surface area contributed by atoms with Crippen LogP contribution in [0.4, 0.5) is 16.6 Å². The number of fused-ring (bicyclic) bond motifs is 1. The molecule has 2 fully saturated rings. The third-order valence-corrected chi connectivity index (χ3v) is 9.94. The minimum atomic E-state index is -1.23. The van der Waals surface area contributed by atoms with Crippen LogP contribution in [0.5, 0.6) is 0 Å². The molecule has 1 aliphatic heterocycles. The number of carbonyl (C=O) groups excluding carboxylic acids is 2. The molecule has 0 radical (unpaired) electrons. The lowest BCUT2D eigenvalue weighted by Gasteiger charge is -2.22. The Hall–Kier alpha value is -5.64. The number of urea groups is 1. The van der Waals surface area contributed by atoms with Crippen molar-refractivity contribution in [1.29, 1.82) is 0 Å². The van der Waals surface area contributed by atoms with Gasteiger partial charge in [-0.2, -0.15) is 9.97 Å². The highest BCUT2D eigenvalue weighted by atomic mass is 16.3. The number of pyridine rings is 1. The highest BCUT2D eigenvalue weighted by Crippen LogP contribution is 2.35. The fourth-order valence-electron chi connectivity index (χ4n) is 7.19. The zero-order chi connectivity index (χ0) is 36.7. The van der Waals surface area contributed by atoms with E-state index in [2.05, 4.69) is 50.5 Å². The van der Waals surface area contributed by atoms with Gasteiger partial charge in [0.05, 0.1) is 37.3 Å². The van der Waals surface area contributed by atoms with Crippen LogP contribution < -0.4 is 26.2 Å². The molecule has 5 atom stereocenters. The Bertz CT molecular complexity index is 1940. The Morgan fingerprint density at radius 1 is 0.887 bits per heavy atom. The molecule has 7 rings (SSSR count). The van der Waals surface area contributed by atoms with Gasteiger partial charge in [-0.25, -0.2) is 9.78 Å². The lowest BCUT2D eigenvalue weighted by molar-refractivity contribution is -0.123. The first-order chi connectivity index (χ1) is 25.9. The normalized spacial score (nSPS) is 21.2. The maximum Gasteiger partial charge on any atom is 0.315 e. The zero-order valence-corrected chi connectivity index (χ0v) is 29.1. The first kappa shape index (κ1) is 35.7. The van der Waals surface area contributed by atoms with Crippen molar-refractivity contribution in [2.24, 2.45) is 0 Å². The van der Waals surface area contributed by atoms with Crippen molar-refractivity contribution >= 4 is 34.9 Å². The third-order valence-electron chi connectivity index (χ3n) is 9.94. The summed E-state index contributed by atoms with van der Waals surface area (Å²) >= 11 is 0. The first-order valence-electron chi connectivity index (χ1n) is 17.9. The van der Waals surface area contributed by atoms with Crippen LogP contribution in [0.3, 0.4) is 0 Å². The molecule has 2 aliphatic rings. The van der Waals surface area contributed by atoms with E-state index in [9.17, 15) is 24.9 Å². The summed E-state index contributed by atoms with van der Waals surface area (Å²) < 4.78 is 1.74. The minimum absolute atomic E-state index is 0.00647. The molecule has 276 valence electrons. The number of benzene rings is 2. The van der Waals surface area contributed by atoms with E-state index in [1.807, 2.05) is 59.5 Å². The van der Waals surface area contributed by atoms with Crippen LogP contribution >= 0.6 is 0 Å². The average molecular weight is 721 g/mol. The van der Waals surface area contributed by atoms with Crippen molar-refractivity contribution in [3.05, 3.63) is 108 Å². The quantitative estimate of drug-likeness (QED) is 0.0939. The Morgan fingerprint density at radius 2 is 1.62 bits per heavy atom. The lowest BCUT2D eigenvalue weighted by atomic mass is 9.91. The van der Waals surface area contributed by atoms with Gasteiger partial charge in [-0.15, -0.1) is 0 Å². The highest BCUT2D eigenvalue weighted by molar-refractivity contribution is 5.85. The molecule has 2 aromatic carbocycles. The lowest BCUT2D eigenvalue weighted by Crippen LogP contribution is -2.43. The van der Waals surface area contributed by atoms with E-state index in [1.165, 1.54) is 0 Å². The number of aliphatic hydroxyl groups is 3. The van der Waals surface area contributed by atoms with Crippen molar-refractivity contribution in [3.63, 3.8) is 0 Å². The Balaban J connectivity index is 1.16. The number of hydrogen-bond donors (Lipinski definition) is 7. The van der Waals surface area contributed by atoms with Gasteiger partial charge in [-0.1, -0.05) is 66.7 Å². The molecule has 1 saturated carbocycles. The highest BCUT2D eigenvalue weighted by Gasteiger charge is 2.44. The second-order valence-electron chi connectivity index (χ2n) is 13.5. The molecule has 3 aromatic heterocycles. The molecule has 1 unspecified atom stereocenters. The van der Waals surface area contributed by atoms with Gasteiger partial charge in [0.1, 0.15) is 12.2 Å². The van der Waals surface area contributed by atoms with E-state index >= 15 is 0 Å². The first-order valence-corrected chi connectivity index (χ1v) is 17.9. The van der Waals surface area contributed by atoms with E-state index < -0.39 is 30.2 Å². The molecular formula is C38H44N10O5. The maximum absolute atomic E-state index is 12.8. The molecule has 53 heavy (non-hydrogen) atoms. The molecule has 0 bridgehead atoms. The number of imidazole rings is 1. The maximum atomic E-state index is 12.8. The van der Waals surface area contributed by atoms with Gasteiger partial charge in [-0.3, -0.25) is 9.78 Å². The summed E-state index contributed by atoms with van der Waals surface area (Å²) in [4.78, 5) is 45.9. The number of carbonyl (C=O) groups is 2. The summed E-state index contributed by atoms with van der Waals surface area (Å²) in [6.45, 7) is 1.54. The molecule has 1 aliphatic carbocycles. The van der Waals surface area contributed by atoms with Crippen LogP contribution in [0.1, 0.15) is 48.0 Å². The molecule has 15 nitrogen and oxygen atoms in total. The molecule has 4 heterocycles. The molecular weight excluding hydrogens is 676 g/mol. The predicted octanol–water partition coefficient (Wildman–Crippen LogP) is 2.08. The monoisotopic (exact) mass is 720 g/mol. The van der Waals surface area contributed by atoms with Gasteiger partial charge in [-0.05, 0) is 36.1 Å². The van der Waals surface area contributed by atoms with Gasteiger partial charge >= 0.3 is 6.03 Å². The van der Waals surface area contributed by atoms with Crippen LogP contribution in [0.25, 0.3) is 11.2 Å². The summed E-state index contributed by atoms with van der Waals surface area (Å²) in [7, 11) is 0. The molecule has 1 saturated heterocycles. The summed E-state index contributed by atoms with van der Waals surface area (Å²) in [6, 6.07) is 24.2. The van der Waals surface area contributed by atoms with Crippen molar-refractivity contribution in [1.82, 2.24) is 40.5 Å². The predicted molar refractivity (Wildman–Crippen MR) is 198 cm³/mol. The van der Waals surface area contributed by atoms with Crippen LogP contribution in [0.2, 0.25) is 0 Å². The van der Waals surface area contributed by atoms with Gasteiger partial charge in [0.15, 0.2) is 17.0 Å². The Morgan fingerprint density at radius 3 is 2.32 bits per heavy atom. The van der Waals surface area contributed by atoms with E-state index in [0.29, 0.717) is 55.5 Å². The fourth-order valence-corrected chi connectivity index (χ4v) is 7.19. The topological polar surface area (TPSA) is 203 Å². The number of nitrogens with one attached hydrogen (secondary N) is 4. The number of anilines is 2. The summed E-state index contributed by atoms with van der Waals surface area (Å²) in [5.41, 5.74) is 3.97. The molecule has 3 amide bonds. The fraction of sp³-hybridized carbons (Fsp3) is 0.368. The summed E-state index contributed by atoms with van der Waals surface area (Å²) in [6.07, 6.45) is 1.61. The molecule has 7 N–H and O–H groups in total.